The number of anilines is 3. The summed E-state index contributed by atoms with van der Waals surface area (Å²) in [7, 11) is 0. The first-order valence-electron chi connectivity index (χ1n) is 18.5. The fourth-order valence-electron chi connectivity index (χ4n) is 8.90. The van der Waals surface area contributed by atoms with E-state index in [9.17, 15) is 0 Å². The molecule has 0 amide bonds. The van der Waals surface area contributed by atoms with Crippen LogP contribution in [0.1, 0.15) is 30.9 Å². The maximum atomic E-state index is 4.35. The average molecular weight is 682 g/mol. The first kappa shape index (κ1) is 31.3. The van der Waals surface area contributed by atoms with Gasteiger partial charge in [0.1, 0.15) is 0 Å². The lowest BCUT2D eigenvalue weighted by molar-refractivity contribution is 0.394. The molecule has 3 nitrogen and oxygen atoms in total. The van der Waals surface area contributed by atoms with Crippen LogP contribution in [-0.2, 0) is 5.41 Å². The Bertz CT molecular complexity index is 2680. The summed E-state index contributed by atoms with van der Waals surface area (Å²) in [6.45, 7) is 4.80. The van der Waals surface area contributed by atoms with E-state index in [0.29, 0.717) is 11.8 Å². The Balaban J connectivity index is 1.06. The zero-order valence-electron chi connectivity index (χ0n) is 29.9. The Morgan fingerprint density at radius 1 is 0.547 bits per heavy atom. The van der Waals surface area contributed by atoms with Gasteiger partial charge in [0.15, 0.2) is 0 Å². The molecule has 3 heteroatoms. The van der Waals surface area contributed by atoms with Crippen LogP contribution in [0.15, 0.2) is 188 Å². The lowest BCUT2D eigenvalue weighted by Gasteiger charge is -2.30. The normalized spacial score (nSPS) is 16.9. The summed E-state index contributed by atoms with van der Waals surface area (Å²) in [5, 5.41) is 2.52. The minimum absolute atomic E-state index is 0.0270. The largest absolute Gasteiger partial charge is 0.310 e. The van der Waals surface area contributed by atoms with Crippen LogP contribution in [0, 0.1) is 5.92 Å². The van der Waals surface area contributed by atoms with E-state index < -0.39 is 0 Å². The van der Waals surface area contributed by atoms with Crippen LogP contribution in [0.5, 0.6) is 0 Å². The smallest absolute Gasteiger partial charge is 0.0541 e. The molecule has 6 aromatic carbocycles. The monoisotopic (exact) mass is 681 g/mol. The van der Waals surface area contributed by atoms with Gasteiger partial charge in [-0.15, -0.1) is 0 Å². The molecule has 2 aromatic heterocycles. The van der Waals surface area contributed by atoms with Crippen LogP contribution >= 0.6 is 0 Å². The van der Waals surface area contributed by atoms with Crippen molar-refractivity contribution >= 4 is 38.9 Å². The SMILES string of the molecule is CC1(C)c2cc(N(c3ccc(-c4cccnc4)cc3)c3ccc(-c4ccc5c(c4)c4ccccc4n5-c4ccccc4)cc3)ccc2C2C=CC=CC21. The number of hydrogen-bond donors (Lipinski definition) is 0. The van der Waals surface area contributed by atoms with Gasteiger partial charge in [-0.1, -0.05) is 117 Å². The number of para-hydroxylation sites is 2. The van der Waals surface area contributed by atoms with Crippen LogP contribution in [0.4, 0.5) is 17.1 Å². The fourth-order valence-corrected chi connectivity index (χ4v) is 8.90. The van der Waals surface area contributed by atoms with E-state index in [1.165, 1.54) is 55.4 Å². The van der Waals surface area contributed by atoms with Gasteiger partial charge in [0.25, 0.3) is 0 Å². The number of aromatic nitrogens is 2. The molecule has 8 aromatic rings. The molecule has 2 aliphatic rings. The number of allylic oxidation sites excluding steroid dienone is 4. The van der Waals surface area contributed by atoms with Crippen molar-refractivity contribution in [2.24, 2.45) is 5.92 Å². The van der Waals surface area contributed by atoms with Crippen molar-refractivity contribution in [2.75, 3.05) is 4.90 Å². The second kappa shape index (κ2) is 12.4. The molecule has 0 fully saturated rings. The molecular formula is C50H39N3. The summed E-state index contributed by atoms with van der Waals surface area (Å²) in [6, 6.07) is 55.4. The van der Waals surface area contributed by atoms with Crippen molar-refractivity contribution in [1.82, 2.24) is 9.55 Å². The van der Waals surface area contributed by atoms with Gasteiger partial charge in [0.2, 0.25) is 0 Å². The number of nitrogens with zero attached hydrogens (tertiary/aromatic N) is 3. The van der Waals surface area contributed by atoms with Crippen molar-refractivity contribution < 1.29 is 0 Å². The van der Waals surface area contributed by atoms with Gasteiger partial charge in [-0.25, -0.2) is 0 Å². The molecule has 0 bridgehead atoms. The maximum Gasteiger partial charge on any atom is 0.0541 e. The van der Waals surface area contributed by atoms with Gasteiger partial charge in [-0.05, 0) is 118 Å². The van der Waals surface area contributed by atoms with Gasteiger partial charge >= 0.3 is 0 Å². The summed E-state index contributed by atoms with van der Waals surface area (Å²) in [5.41, 5.74) is 14.6. The minimum Gasteiger partial charge on any atom is -0.310 e. The zero-order chi connectivity index (χ0) is 35.5. The third-order valence-electron chi connectivity index (χ3n) is 11.6. The number of fused-ring (bicyclic) bond motifs is 6. The molecule has 0 saturated heterocycles. The summed E-state index contributed by atoms with van der Waals surface area (Å²) in [4.78, 5) is 6.75. The van der Waals surface area contributed by atoms with E-state index in [-0.39, 0.29) is 5.41 Å². The summed E-state index contributed by atoms with van der Waals surface area (Å²) in [6.07, 6.45) is 12.9. The molecule has 0 saturated carbocycles. The molecule has 0 aliphatic heterocycles. The molecule has 2 heterocycles. The zero-order valence-corrected chi connectivity index (χ0v) is 29.9. The Morgan fingerprint density at radius 2 is 1.21 bits per heavy atom. The average Bonchev–Trinajstić information content (AvgIpc) is 3.67. The van der Waals surface area contributed by atoms with Gasteiger partial charge < -0.3 is 9.47 Å². The predicted molar refractivity (Wildman–Crippen MR) is 222 cm³/mol. The topological polar surface area (TPSA) is 21.1 Å². The van der Waals surface area contributed by atoms with Crippen molar-refractivity contribution in [3.05, 3.63) is 199 Å². The van der Waals surface area contributed by atoms with Gasteiger partial charge in [0, 0.05) is 51.8 Å². The molecule has 0 N–H and O–H groups in total. The fraction of sp³-hybridized carbons (Fsp3) is 0.100. The molecule has 2 aliphatic carbocycles. The molecule has 2 unspecified atom stereocenters. The van der Waals surface area contributed by atoms with Crippen molar-refractivity contribution in [3.8, 4) is 27.9 Å². The number of hydrogen-bond acceptors (Lipinski definition) is 2. The summed E-state index contributed by atoms with van der Waals surface area (Å²) >= 11 is 0. The lowest BCUT2D eigenvalue weighted by Crippen LogP contribution is -2.24. The first-order chi connectivity index (χ1) is 26.0. The van der Waals surface area contributed by atoms with E-state index in [2.05, 4.69) is 198 Å². The third-order valence-corrected chi connectivity index (χ3v) is 11.6. The third kappa shape index (κ3) is 5.15. The van der Waals surface area contributed by atoms with Crippen molar-refractivity contribution in [1.29, 1.82) is 0 Å². The highest BCUT2D eigenvalue weighted by Gasteiger charge is 2.44. The number of rotatable bonds is 6. The maximum absolute atomic E-state index is 4.35. The van der Waals surface area contributed by atoms with Crippen LogP contribution < -0.4 is 4.90 Å². The molecule has 0 spiro atoms. The minimum atomic E-state index is 0.0270. The number of pyridine rings is 1. The van der Waals surface area contributed by atoms with Crippen molar-refractivity contribution in [2.45, 2.75) is 25.2 Å². The van der Waals surface area contributed by atoms with Crippen LogP contribution in [0.25, 0.3) is 49.7 Å². The van der Waals surface area contributed by atoms with Crippen LogP contribution in [0.3, 0.4) is 0 Å². The second-order valence-electron chi connectivity index (χ2n) is 14.9. The Hall–Kier alpha value is -6.45. The van der Waals surface area contributed by atoms with E-state index >= 15 is 0 Å². The molecule has 53 heavy (non-hydrogen) atoms. The summed E-state index contributed by atoms with van der Waals surface area (Å²) in [5.74, 6) is 0.882. The Labute approximate surface area is 310 Å². The quantitative estimate of drug-likeness (QED) is 0.174. The first-order valence-corrected chi connectivity index (χ1v) is 18.5. The molecule has 0 radical (unpaired) electrons. The highest BCUT2D eigenvalue weighted by molar-refractivity contribution is 6.10. The van der Waals surface area contributed by atoms with E-state index in [1.54, 1.807) is 0 Å². The van der Waals surface area contributed by atoms with Crippen molar-refractivity contribution in [3.63, 3.8) is 0 Å². The molecular weight excluding hydrogens is 643 g/mol. The molecule has 254 valence electrons. The van der Waals surface area contributed by atoms with Gasteiger partial charge in [-0.2, -0.15) is 0 Å². The van der Waals surface area contributed by atoms with Gasteiger partial charge in [0.05, 0.1) is 11.0 Å². The predicted octanol–water partition coefficient (Wildman–Crippen LogP) is 13.1. The molecule has 2 atom stereocenters. The Morgan fingerprint density at radius 3 is 1.96 bits per heavy atom. The Kier molecular flexibility index (Phi) is 7.29. The van der Waals surface area contributed by atoms with E-state index in [4.69, 9.17) is 0 Å². The molecule has 10 rings (SSSR count). The summed E-state index contributed by atoms with van der Waals surface area (Å²) < 4.78 is 2.37. The lowest BCUT2D eigenvalue weighted by atomic mass is 9.74. The standard InChI is InChI=1S/C50H39N3/c1-50(2)46-16-8-6-14-42(46)43-28-27-41(32-47(43)50)52(40-25-20-35(21-26-40)37-11-10-30-51-33-37)39-23-18-34(19-24-39)36-22-29-49-45(31-36)44-15-7-9-17-48(44)53(49)38-12-4-3-5-13-38/h3-33,42,46H,1-2H3. The van der Waals surface area contributed by atoms with E-state index in [1.807, 2.05) is 18.5 Å². The van der Waals surface area contributed by atoms with Gasteiger partial charge in [-0.3, -0.25) is 4.98 Å². The van der Waals surface area contributed by atoms with Crippen LogP contribution in [-0.4, -0.2) is 9.55 Å². The van der Waals surface area contributed by atoms with E-state index in [0.717, 1.165) is 22.5 Å². The number of benzene rings is 6. The highest BCUT2D eigenvalue weighted by Crippen LogP contribution is 2.54. The second-order valence-corrected chi connectivity index (χ2v) is 14.9. The highest BCUT2D eigenvalue weighted by atomic mass is 15.1. The van der Waals surface area contributed by atoms with Crippen LogP contribution in [0.2, 0.25) is 0 Å².